The molecule has 0 saturated carbocycles. The van der Waals surface area contributed by atoms with Gasteiger partial charge in [0.15, 0.2) is 0 Å². The second-order valence-corrected chi connectivity index (χ2v) is 5.00. The van der Waals surface area contributed by atoms with Crippen molar-refractivity contribution in [3.05, 3.63) is 0 Å². The number of carbonyl (C=O) groups excluding carboxylic acids is 1. The highest BCUT2D eigenvalue weighted by Gasteiger charge is 2.32. The molecule has 0 radical (unpaired) electrons. The van der Waals surface area contributed by atoms with Crippen molar-refractivity contribution >= 4 is 6.09 Å². The lowest BCUT2D eigenvalue weighted by molar-refractivity contribution is 0.00977. The van der Waals surface area contributed by atoms with Crippen LogP contribution in [0.15, 0.2) is 0 Å². The van der Waals surface area contributed by atoms with Crippen molar-refractivity contribution in [2.24, 2.45) is 5.92 Å². The highest BCUT2D eigenvalue weighted by molar-refractivity contribution is 5.68. The van der Waals surface area contributed by atoms with Gasteiger partial charge in [-0.1, -0.05) is 0 Å². The van der Waals surface area contributed by atoms with Gasteiger partial charge in [0, 0.05) is 6.54 Å². The molecule has 2 atom stereocenters. The van der Waals surface area contributed by atoms with Crippen LogP contribution >= 0.6 is 0 Å². The van der Waals surface area contributed by atoms with Gasteiger partial charge < -0.3 is 9.64 Å². The molecule has 0 spiro atoms. The van der Waals surface area contributed by atoms with Crippen molar-refractivity contribution in [3.8, 4) is 12.3 Å². The molecule has 0 unspecified atom stereocenters. The van der Waals surface area contributed by atoms with Gasteiger partial charge in [-0.15, -0.1) is 12.3 Å². The van der Waals surface area contributed by atoms with E-state index in [1.807, 2.05) is 0 Å². The number of carbonyl (C=O) groups is 1. The number of rotatable bonds is 0. The van der Waals surface area contributed by atoms with Gasteiger partial charge in [-0.05, 0) is 27.2 Å². The molecule has 1 amide bonds. The Morgan fingerprint density at radius 2 is 2.19 bits per heavy atom. The van der Waals surface area contributed by atoms with Crippen LogP contribution in [0.3, 0.4) is 0 Å². The molecule has 0 N–H and O–H groups in total. The summed E-state index contributed by atoms with van der Waals surface area (Å²) < 4.78 is 18.7. The van der Waals surface area contributed by atoms with Crippen LogP contribution in [0.2, 0.25) is 0 Å². The molecule has 1 aliphatic heterocycles. The Morgan fingerprint density at radius 3 is 2.62 bits per heavy atom. The summed E-state index contributed by atoms with van der Waals surface area (Å²) >= 11 is 0. The van der Waals surface area contributed by atoms with Crippen molar-refractivity contribution in [2.45, 2.75) is 39.0 Å². The number of hydrogen-bond acceptors (Lipinski definition) is 2. The topological polar surface area (TPSA) is 29.5 Å². The molecule has 1 aliphatic rings. The van der Waals surface area contributed by atoms with Crippen molar-refractivity contribution in [1.29, 1.82) is 0 Å². The normalized spacial score (nSPS) is 26.1. The van der Waals surface area contributed by atoms with Gasteiger partial charge in [0.2, 0.25) is 0 Å². The summed E-state index contributed by atoms with van der Waals surface area (Å²) in [6.07, 6.45) is 4.08. The summed E-state index contributed by atoms with van der Waals surface area (Å²) in [6.45, 7) is 5.85. The molecule has 90 valence electrons. The van der Waals surface area contributed by atoms with Gasteiger partial charge in [-0.2, -0.15) is 0 Å². The Hall–Kier alpha value is -1.24. The van der Waals surface area contributed by atoms with Crippen LogP contribution in [0, 0.1) is 18.3 Å². The fourth-order valence-electron chi connectivity index (χ4n) is 1.58. The zero-order chi connectivity index (χ0) is 12.3. The second-order valence-electron chi connectivity index (χ2n) is 5.00. The predicted octanol–water partition coefficient (Wildman–Crippen LogP) is 2.21. The third kappa shape index (κ3) is 3.41. The smallest absolute Gasteiger partial charge is 0.410 e. The first-order valence-corrected chi connectivity index (χ1v) is 5.41. The SMILES string of the molecule is C#C[C@@H]1CCN(C(=O)OC(C)(C)C)C[C@@H]1F. The maximum atomic E-state index is 13.5. The van der Waals surface area contributed by atoms with E-state index >= 15 is 0 Å². The highest BCUT2D eigenvalue weighted by Crippen LogP contribution is 2.21. The molecule has 0 aromatic carbocycles. The van der Waals surface area contributed by atoms with Crippen molar-refractivity contribution in [1.82, 2.24) is 4.90 Å². The first-order valence-electron chi connectivity index (χ1n) is 5.41. The summed E-state index contributed by atoms with van der Waals surface area (Å²) in [6, 6.07) is 0. The van der Waals surface area contributed by atoms with Crippen LogP contribution in [-0.4, -0.2) is 35.9 Å². The summed E-state index contributed by atoms with van der Waals surface area (Å²) in [5.41, 5.74) is -0.550. The van der Waals surface area contributed by atoms with Gasteiger partial charge in [-0.3, -0.25) is 0 Å². The average molecular weight is 227 g/mol. The number of alkyl halides is 1. The van der Waals surface area contributed by atoms with E-state index in [1.54, 1.807) is 20.8 Å². The summed E-state index contributed by atoms with van der Waals surface area (Å²) in [5.74, 6) is 2.03. The van der Waals surface area contributed by atoms with E-state index in [9.17, 15) is 9.18 Å². The maximum Gasteiger partial charge on any atom is 0.410 e. The van der Waals surface area contributed by atoms with Crippen LogP contribution in [-0.2, 0) is 4.74 Å². The van der Waals surface area contributed by atoms with Crippen LogP contribution in [0.1, 0.15) is 27.2 Å². The van der Waals surface area contributed by atoms with Crippen LogP contribution < -0.4 is 0 Å². The van der Waals surface area contributed by atoms with Gasteiger partial charge in [0.1, 0.15) is 11.8 Å². The first kappa shape index (κ1) is 12.8. The molecule has 1 heterocycles. The quantitative estimate of drug-likeness (QED) is 0.594. The lowest BCUT2D eigenvalue weighted by Gasteiger charge is -2.33. The van der Waals surface area contributed by atoms with E-state index in [-0.39, 0.29) is 12.5 Å². The largest absolute Gasteiger partial charge is 0.444 e. The molecule has 4 heteroatoms. The Labute approximate surface area is 95.9 Å². The van der Waals surface area contributed by atoms with E-state index in [2.05, 4.69) is 5.92 Å². The fourth-order valence-corrected chi connectivity index (χ4v) is 1.58. The predicted molar refractivity (Wildman–Crippen MR) is 59.6 cm³/mol. The zero-order valence-corrected chi connectivity index (χ0v) is 10.00. The molecule has 0 aromatic rings. The number of amides is 1. The number of nitrogens with zero attached hydrogens (tertiary/aromatic N) is 1. The van der Waals surface area contributed by atoms with Crippen molar-refractivity contribution in [2.75, 3.05) is 13.1 Å². The minimum Gasteiger partial charge on any atom is -0.444 e. The van der Waals surface area contributed by atoms with Crippen LogP contribution in [0.4, 0.5) is 9.18 Å². The third-order valence-electron chi connectivity index (χ3n) is 2.41. The van der Waals surface area contributed by atoms with Crippen LogP contribution in [0.5, 0.6) is 0 Å². The Bertz CT molecular complexity index is 303. The maximum absolute atomic E-state index is 13.5. The summed E-state index contributed by atoms with van der Waals surface area (Å²) in [7, 11) is 0. The minimum absolute atomic E-state index is 0.0315. The highest BCUT2D eigenvalue weighted by atomic mass is 19.1. The minimum atomic E-state index is -1.15. The van der Waals surface area contributed by atoms with E-state index in [0.29, 0.717) is 13.0 Å². The van der Waals surface area contributed by atoms with Gasteiger partial charge >= 0.3 is 6.09 Å². The monoisotopic (exact) mass is 227 g/mol. The summed E-state index contributed by atoms with van der Waals surface area (Å²) in [5, 5.41) is 0. The molecule has 0 aromatic heterocycles. The number of ether oxygens (including phenoxy) is 1. The molecule has 0 bridgehead atoms. The van der Waals surface area contributed by atoms with Gasteiger partial charge in [0.25, 0.3) is 0 Å². The number of likely N-dealkylation sites (tertiary alicyclic amines) is 1. The molecule has 1 fully saturated rings. The van der Waals surface area contributed by atoms with Crippen molar-refractivity contribution in [3.63, 3.8) is 0 Å². The second kappa shape index (κ2) is 4.73. The molecule has 3 nitrogen and oxygen atoms in total. The number of hydrogen-bond donors (Lipinski definition) is 0. The molecule has 0 aliphatic carbocycles. The van der Waals surface area contributed by atoms with Gasteiger partial charge in [0.05, 0.1) is 12.5 Å². The molecular weight excluding hydrogens is 209 g/mol. The average Bonchev–Trinajstić information content (AvgIpc) is 2.15. The molecule has 1 saturated heterocycles. The summed E-state index contributed by atoms with van der Waals surface area (Å²) in [4.78, 5) is 13.0. The number of halogens is 1. The zero-order valence-electron chi connectivity index (χ0n) is 10.00. The van der Waals surface area contributed by atoms with E-state index < -0.39 is 17.9 Å². The van der Waals surface area contributed by atoms with Crippen molar-refractivity contribution < 1.29 is 13.9 Å². The first-order chi connectivity index (χ1) is 7.33. The molecule has 1 rings (SSSR count). The Balaban J connectivity index is 2.52. The van der Waals surface area contributed by atoms with E-state index in [0.717, 1.165) is 0 Å². The lowest BCUT2D eigenvalue weighted by Crippen LogP contribution is -2.46. The Morgan fingerprint density at radius 1 is 1.56 bits per heavy atom. The van der Waals surface area contributed by atoms with E-state index in [4.69, 9.17) is 11.2 Å². The van der Waals surface area contributed by atoms with Crippen LogP contribution in [0.25, 0.3) is 0 Å². The molecular formula is C12H18FNO2. The number of piperidine rings is 1. The fraction of sp³-hybridized carbons (Fsp3) is 0.750. The standard InChI is InChI=1S/C12H18FNO2/c1-5-9-6-7-14(8-10(9)13)11(15)16-12(2,3)4/h1,9-10H,6-8H2,2-4H3/t9-,10+/m1/s1. The molecule has 16 heavy (non-hydrogen) atoms. The third-order valence-corrected chi connectivity index (χ3v) is 2.41. The van der Waals surface area contributed by atoms with Gasteiger partial charge in [-0.25, -0.2) is 9.18 Å². The lowest BCUT2D eigenvalue weighted by atomic mass is 9.96. The number of terminal acetylenes is 1. The van der Waals surface area contributed by atoms with E-state index in [1.165, 1.54) is 4.90 Å². The Kier molecular flexibility index (Phi) is 3.79.